The minimum absolute atomic E-state index is 0.297. The van der Waals surface area contributed by atoms with E-state index in [0.29, 0.717) is 6.42 Å². The molecule has 0 aliphatic carbocycles. The molecule has 1 saturated heterocycles. The number of thioether (sulfide) groups is 1. The van der Waals surface area contributed by atoms with Crippen LogP contribution in [-0.4, -0.2) is 29.4 Å². The first-order chi connectivity index (χ1) is 10.9. The van der Waals surface area contributed by atoms with Gasteiger partial charge in [0.1, 0.15) is 0 Å². The second-order valence-corrected chi connectivity index (χ2v) is 6.42. The van der Waals surface area contributed by atoms with Crippen molar-refractivity contribution >= 4 is 29.7 Å². The number of esters is 2. The zero-order valence-electron chi connectivity index (χ0n) is 13.1. The van der Waals surface area contributed by atoms with Gasteiger partial charge < -0.3 is 9.62 Å². The highest BCUT2D eigenvalue weighted by molar-refractivity contribution is 7.98. The van der Waals surface area contributed by atoms with Crippen molar-refractivity contribution in [3.63, 3.8) is 0 Å². The van der Waals surface area contributed by atoms with Crippen molar-refractivity contribution in [2.75, 3.05) is 6.26 Å². The van der Waals surface area contributed by atoms with Crippen molar-refractivity contribution in [2.45, 2.75) is 31.6 Å². The molecule has 6 nitrogen and oxygen atoms in total. The maximum absolute atomic E-state index is 12.0. The number of ether oxygens (including phenoxy) is 1. The molecule has 23 heavy (non-hydrogen) atoms. The maximum Gasteiger partial charge on any atom is 0.342 e. The molecule has 0 aromatic heterocycles. The number of aryl methyl sites for hydroxylation is 2. The molecule has 0 saturated carbocycles. The first kappa shape index (κ1) is 17.5. The van der Waals surface area contributed by atoms with Crippen LogP contribution < -0.4 is 0 Å². The van der Waals surface area contributed by atoms with Crippen molar-refractivity contribution in [3.05, 3.63) is 28.8 Å². The lowest BCUT2D eigenvalue weighted by molar-refractivity contribution is -0.235. The maximum atomic E-state index is 12.0. The molecule has 1 fully saturated rings. The predicted octanol–water partition coefficient (Wildman–Crippen LogP) is 2.29. The minimum atomic E-state index is -0.961. The second kappa shape index (κ2) is 7.14. The lowest BCUT2D eigenvalue weighted by Crippen LogP contribution is -2.24. The molecule has 1 aromatic carbocycles. The number of carbonyl (C=O) groups is 3. The van der Waals surface area contributed by atoms with E-state index < -0.39 is 29.7 Å². The molecule has 1 N–H and O–H groups in total. The molecule has 2 rings (SSSR count). The molecule has 0 bridgehead atoms. The van der Waals surface area contributed by atoms with Gasteiger partial charge in [0.15, 0.2) is 0 Å². The Hall–Kier alpha value is -1.86. The van der Waals surface area contributed by atoms with E-state index in [4.69, 9.17) is 5.26 Å². The summed E-state index contributed by atoms with van der Waals surface area (Å²) in [6.45, 7) is 3.98. The van der Waals surface area contributed by atoms with Crippen LogP contribution in [0.2, 0.25) is 0 Å². The van der Waals surface area contributed by atoms with Crippen molar-refractivity contribution in [2.24, 2.45) is 11.8 Å². The fourth-order valence-corrected chi connectivity index (χ4v) is 3.38. The van der Waals surface area contributed by atoms with Gasteiger partial charge in [-0.25, -0.2) is 4.79 Å². The second-order valence-electron chi connectivity index (χ2n) is 5.57. The lowest BCUT2D eigenvalue weighted by Gasteiger charge is -2.16. The van der Waals surface area contributed by atoms with E-state index in [-0.39, 0.29) is 6.42 Å². The Morgan fingerprint density at radius 1 is 1.22 bits per heavy atom. The van der Waals surface area contributed by atoms with Crippen molar-refractivity contribution in [1.82, 2.24) is 0 Å². The molecule has 1 aliphatic rings. The van der Waals surface area contributed by atoms with Crippen LogP contribution in [0.15, 0.2) is 17.0 Å². The van der Waals surface area contributed by atoms with Crippen LogP contribution in [0.3, 0.4) is 0 Å². The Balaban J connectivity index is 2.29. The highest BCUT2D eigenvalue weighted by atomic mass is 32.2. The van der Waals surface area contributed by atoms with Crippen LogP contribution in [0, 0.1) is 25.7 Å². The largest absolute Gasteiger partial charge is 0.393 e. The van der Waals surface area contributed by atoms with Crippen LogP contribution in [0.25, 0.3) is 0 Å². The lowest BCUT2D eigenvalue weighted by atomic mass is 9.86. The normalized spacial score (nSPS) is 20.5. The zero-order valence-corrected chi connectivity index (χ0v) is 13.9. The molecule has 0 amide bonds. The molecule has 0 radical (unpaired) electrons. The zero-order chi connectivity index (χ0) is 17.1. The van der Waals surface area contributed by atoms with E-state index in [0.717, 1.165) is 21.6 Å². The molecule has 0 spiro atoms. The Bertz CT molecular complexity index is 654. The number of rotatable bonds is 5. The van der Waals surface area contributed by atoms with E-state index in [2.05, 4.69) is 9.62 Å². The number of hydrogen-bond donors (Lipinski definition) is 1. The van der Waals surface area contributed by atoms with E-state index in [1.54, 1.807) is 11.8 Å². The molecule has 124 valence electrons. The average molecular weight is 338 g/mol. The number of carbonyl (C=O) groups excluding carboxylic acids is 3. The van der Waals surface area contributed by atoms with Gasteiger partial charge in [-0.1, -0.05) is 6.07 Å². The first-order valence-electron chi connectivity index (χ1n) is 7.11. The van der Waals surface area contributed by atoms with Gasteiger partial charge >= 0.3 is 17.9 Å². The van der Waals surface area contributed by atoms with Gasteiger partial charge in [0, 0.05) is 4.90 Å². The van der Waals surface area contributed by atoms with Crippen LogP contribution >= 0.6 is 11.8 Å². The molecular formula is C16H18O6S. The van der Waals surface area contributed by atoms with Gasteiger partial charge in [0.05, 0.1) is 18.3 Å². The van der Waals surface area contributed by atoms with Gasteiger partial charge in [-0.2, -0.15) is 5.26 Å². The van der Waals surface area contributed by atoms with Gasteiger partial charge in [0.2, 0.25) is 0 Å². The number of hydrogen-bond acceptors (Lipinski definition) is 7. The van der Waals surface area contributed by atoms with Crippen LogP contribution in [0.5, 0.6) is 0 Å². The molecule has 2 atom stereocenters. The Labute approximate surface area is 138 Å². The summed E-state index contributed by atoms with van der Waals surface area (Å²) in [5.41, 5.74) is 3.16. The molecular weight excluding hydrogens is 320 g/mol. The van der Waals surface area contributed by atoms with E-state index in [1.165, 1.54) is 0 Å². The summed E-state index contributed by atoms with van der Waals surface area (Å²) in [6, 6.07) is 4.02. The smallest absolute Gasteiger partial charge is 0.342 e. The van der Waals surface area contributed by atoms with E-state index in [1.807, 2.05) is 32.2 Å². The average Bonchev–Trinajstić information content (AvgIpc) is 2.77. The van der Waals surface area contributed by atoms with Gasteiger partial charge in [-0.15, -0.1) is 11.8 Å². The summed E-state index contributed by atoms with van der Waals surface area (Å²) in [5, 5.41) is 8.38. The Morgan fingerprint density at radius 2 is 1.83 bits per heavy atom. The monoisotopic (exact) mass is 338 g/mol. The molecule has 1 aliphatic heterocycles. The van der Waals surface area contributed by atoms with Gasteiger partial charge in [-0.3, -0.25) is 9.59 Å². The topological polar surface area (TPSA) is 89.9 Å². The highest BCUT2D eigenvalue weighted by Crippen LogP contribution is 2.33. The first-order valence-corrected chi connectivity index (χ1v) is 8.33. The van der Waals surface area contributed by atoms with Crippen molar-refractivity contribution < 1.29 is 29.3 Å². The molecule has 1 heterocycles. The molecule has 2 unspecified atom stereocenters. The Kier molecular flexibility index (Phi) is 5.43. The third-order valence-electron chi connectivity index (χ3n) is 4.12. The summed E-state index contributed by atoms with van der Waals surface area (Å²) in [7, 11) is 0. The third kappa shape index (κ3) is 3.73. The quantitative estimate of drug-likeness (QED) is 0.290. The van der Waals surface area contributed by atoms with Crippen molar-refractivity contribution in [1.29, 1.82) is 0 Å². The summed E-state index contributed by atoms with van der Waals surface area (Å²) >= 11 is 1.55. The summed E-state index contributed by atoms with van der Waals surface area (Å²) in [4.78, 5) is 39.6. The van der Waals surface area contributed by atoms with E-state index >= 15 is 0 Å². The third-order valence-corrected chi connectivity index (χ3v) is 4.94. The fraction of sp³-hybridized carbons (Fsp3) is 0.438. The molecule has 7 heteroatoms. The van der Waals surface area contributed by atoms with Crippen LogP contribution in [-0.2, 0) is 30.4 Å². The van der Waals surface area contributed by atoms with Gasteiger partial charge in [0.25, 0.3) is 0 Å². The summed E-state index contributed by atoms with van der Waals surface area (Å²) < 4.78 is 4.66. The number of cyclic esters (lactones) is 2. The number of benzene rings is 1. The summed E-state index contributed by atoms with van der Waals surface area (Å²) in [5.74, 6) is -4.04. The standard InChI is InChI=1S/C16H18O6S/c1-8-4-10(13(23-3)5-9(8)2)6-11-12(7-14(17)22-20)16(19)21-15(11)18/h4-5,11-12,20H,6-7H2,1-3H3. The van der Waals surface area contributed by atoms with Gasteiger partial charge in [-0.05, 0) is 49.3 Å². The van der Waals surface area contributed by atoms with Crippen LogP contribution in [0.1, 0.15) is 23.1 Å². The fourth-order valence-electron chi connectivity index (χ4n) is 2.68. The Morgan fingerprint density at radius 3 is 2.43 bits per heavy atom. The van der Waals surface area contributed by atoms with E-state index in [9.17, 15) is 14.4 Å². The van der Waals surface area contributed by atoms with Crippen molar-refractivity contribution in [3.8, 4) is 0 Å². The predicted molar refractivity (Wildman–Crippen MR) is 82.8 cm³/mol. The van der Waals surface area contributed by atoms with Crippen LogP contribution in [0.4, 0.5) is 0 Å². The SMILES string of the molecule is CSc1cc(C)c(C)cc1CC1C(=O)OC(=O)C1CC(=O)OO. The molecule has 1 aromatic rings. The highest BCUT2D eigenvalue weighted by Gasteiger charge is 2.45. The minimum Gasteiger partial charge on any atom is -0.393 e. The summed E-state index contributed by atoms with van der Waals surface area (Å²) in [6.07, 6.45) is 1.85.